The van der Waals surface area contributed by atoms with Gasteiger partial charge >= 0.3 is 5.69 Å². The summed E-state index contributed by atoms with van der Waals surface area (Å²) in [4.78, 5) is 38.9. The number of nitrogen functional groups attached to an aromatic ring is 1. The molecule has 1 saturated carbocycles. The highest BCUT2D eigenvalue weighted by atomic mass is 32.2. The first-order valence-electron chi connectivity index (χ1n) is 8.78. The summed E-state index contributed by atoms with van der Waals surface area (Å²) in [5, 5.41) is 9.05. The number of aromatic amines is 1. The lowest BCUT2D eigenvalue weighted by Crippen LogP contribution is -2.36. The van der Waals surface area contributed by atoms with Gasteiger partial charge in [-0.25, -0.2) is 4.79 Å². The minimum atomic E-state index is -0.727. The van der Waals surface area contributed by atoms with Crippen LogP contribution in [0.3, 0.4) is 0 Å². The van der Waals surface area contributed by atoms with Crippen LogP contribution in [-0.4, -0.2) is 35.9 Å². The predicted molar refractivity (Wildman–Crippen MR) is 96.6 cm³/mol. The van der Waals surface area contributed by atoms with E-state index in [0.717, 1.165) is 50.9 Å². The molecule has 1 fully saturated rings. The number of hydrogen-bond acceptors (Lipinski definition) is 7. The number of carbonyl (C=O) groups is 1. The largest absolute Gasteiger partial charge is 0.384 e. The highest BCUT2D eigenvalue weighted by Crippen LogP contribution is 2.35. The van der Waals surface area contributed by atoms with Gasteiger partial charge in [0.2, 0.25) is 0 Å². The molecule has 3 heterocycles. The van der Waals surface area contributed by atoms with Gasteiger partial charge in [-0.15, -0.1) is 10.2 Å². The summed E-state index contributed by atoms with van der Waals surface area (Å²) in [5.74, 6) is 0.520. The van der Waals surface area contributed by atoms with Gasteiger partial charge in [0.25, 0.3) is 5.56 Å². The molecule has 0 atom stereocenters. The van der Waals surface area contributed by atoms with Crippen LogP contribution < -0.4 is 17.0 Å². The lowest BCUT2D eigenvalue weighted by molar-refractivity contribution is 0.102. The maximum Gasteiger partial charge on any atom is 0.330 e. The number of hydrogen-bond donors (Lipinski definition) is 2. The minimum absolute atomic E-state index is 0.0221. The average Bonchev–Trinajstić information content (AvgIpc) is 3.38. The van der Waals surface area contributed by atoms with Crippen molar-refractivity contribution in [3.05, 3.63) is 32.2 Å². The van der Waals surface area contributed by atoms with Gasteiger partial charge in [0.1, 0.15) is 17.2 Å². The first kappa shape index (κ1) is 17.1. The number of nitrogens with two attached hydrogens (primary N) is 1. The van der Waals surface area contributed by atoms with Crippen LogP contribution in [0.4, 0.5) is 5.82 Å². The quantitative estimate of drug-likeness (QED) is 0.582. The smallest absolute Gasteiger partial charge is 0.330 e. The summed E-state index contributed by atoms with van der Waals surface area (Å²) in [6, 6.07) is -0.0224. The van der Waals surface area contributed by atoms with Crippen molar-refractivity contribution >= 4 is 23.4 Å². The van der Waals surface area contributed by atoms with Gasteiger partial charge in [0.15, 0.2) is 10.9 Å². The molecule has 2 aromatic rings. The Kier molecular flexibility index (Phi) is 4.43. The van der Waals surface area contributed by atoms with Crippen molar-refractivity contribution in [3.63, 3.8) is 0 Å². The fourth-order valence-corrected chi connectivity index (χ4v) is 4.15. The van der Waals surface area contributed by atoms with Crippen LogP contribution >= 0.6 is 11.8 Å². The molecule has 1 aliphatic heterocycles. The van der Waals surface area contributed by atoms with Crippen molar-refractivity contribution in [1.29, 1.82) is 0 Å². The van der Waals surface area contributed by atoms with Crippen molar-refractivity contribution in [2.24, 2.45) is 0 Å². The second kappa shape index (κ2) is 6.75. The standard InChI is InChI=1S/C16H20N6O3S/c17-13-12(14(24)18-15(25)22(13)9-5-6-9)10(23)8-26-16-20-19-11-4-2-1-3-7-21(11)16/h9H,1-8,17H2,(H,18,24,25). The zero-order valence-corrected chi connectivity index (χ0v) is 15.0. The molecule has 4 rings (SSSR count). The van der Waals surface area contributed by atoms with E-state index in [1.807, 2.05) is 4.57 Å². The van der Waals surface area contributed by atoms with Gasteiger partial charge in [-0.05, 0) is 25.7 Å². The molecule has 2 aromatic heterocycles. The molecular formula is C16H20N6O3S. The molecule has 0 bridgehead atoms. The van der Waals surface area contributed by atoms with E-state index in [-0.39, 0.29) is 23.2 Å². The number of thioether (sulfide) groups is 1. The first-order chi connectivity index (χ1) is 12.6. The Morgan fingerprint density at radius 3 is 2.81 bits per heavy atom. The van der Waals surface area contributed by atoms with Gasteiger partial charge in [0.05, 0.1) is 5.75 Å². The number of nitrogens with zero attached hydrogens (tertiary/aromatic N) is 4. The number of H-pyrrole nitrogens is 1. The molecule has 0 amide bonds. The number of ketones is 1. The van der Waals surface area contributed by atoms with Crippen LogP contribution in [0.1, 0.15) is 54.3 Å². The number of rotatable bonds is 5. The Labute approximate surface area is 153 Å². The van der Waals surface area contributed by atoms with Gasteiger partial charge in [-0.1, -0.05) is 18.2 Å². The van der Waals surface area contributed by atoms with Crippen LogP contribution in [0.2, 0.25) is 0 Å². The SMILES string of the molecule is Nc1c(C(=O)CSc2nnc3n2CCCCC3)c(=O)[nH]c(=O)n1C1CC1. The van der Waals surface area contributed by atoms with E-state index in [4.69, 9.17) is 5.73 Å². The van der Waals surface area contributed by atoms with E-state index >= 15 is 0 Å². The van der Waals surface area contributed by atoms with Crippen molar-refractivity contribution in [2.75, 3.05) is 11.5 Å². The van der Waals surface area contributed by atoms with Gasteiger partial charge in [-0.2, -0.15) is 0 Å². The summed E-state index contributed by atoms with van der Waals surface area (Å²) in [7, 11) is 0. The third kappa shape index (κ3) is 3.09. The van der Waals surface area contributed by atoms with Crippen molar-refractivity contribution in [2.45, 2.75) is 56.3 Å². The van der Waals surface area contributed by atoms with E-state index < -0.39 is 17.0 Å². The number of anilines is 1. The number of fused-ring (bicyclic) bond motifs is 1. The molecule has 1 aliphatic carbocycles. The zero-order chi connectivity index (χ0) is 18.3. The Balaban J connectivity index is 1.56. The molecule has 0 spiro atoms. The summed E-state index contributed by atoms with van der Waals surface area (Å²) >= 11 is 1.25. The van der Waals surface area contributed by atoms with E-state index in [2.05, 4.69) is 15.2 Å². The molecule has 9 nitrogen and oxygen atoms in total. The number of aromatic nitrogens is 5. The topological polar surface area (TPSA) is 129 Å². The fraction of sp³-hybridized carbons (Fsp3) is 0.562. The van der Waals surface area contributed by atoms with Gasteiger partial charge < -0.3 is 10.3 Å². The van der Waals surface area contributed by atoms with E-state index in [0.29, 0.717) is 5.16 Å². The van der Waals surface area contributed by atoms with Crippen molar-refractivity contribution < 1.29 is 4.79 Å². The lowest BCUT2D eigenvalue weighted by Gasteiger charge is -2.11. The first-order valence-corrected chi connectivity index (χ1v) is 9.77. The molecule has 138 valence electrons. The molecular weight excluding hydrogens is 356 g/mol. The number of aryl methyl sites for hydroxylation is 1. The summed E-state index contributed by atoms with van der Waals surface area (Å²) < 4.78 is 3.37. The third-order valence-corrected chi connectivity index (χ3v) is 5.75. The second-order valence-electron chi connectivity index (χ2n) is 6.69. The van der Waals surface area contributed by atoms with E-state index in [1.165, 1.54) is 16.3 Å². The maximum absolute atomic E-state index is 12.6. The van der Waals surface area contributed by atoms with Crippen LogP contribution in [0.15, 0.2) is 14.7 Å². The van der Waals surface area contributed by atoms with Crippen molar-refractivity contribution in [3.8, 4) is 0 Å². The summed E-state index contributed by atoms with van der Waals surface area (Å²) in [6.07, 6.45) is 5.85. The van der Waals surface area contributed by atoms with E-state index in [9.17, 15) is 14.4 Å². The summed E-state index contributed by atoms with van der Waals surface area (Å²) in [6.45, 7) is 0.841. The average molecular weight is 376 g/mol. The Morgan fingerprint density at radius 1 is 1.23 bits per heavy atom. The normalized spacial score (nSPS) is 16.9. The molecule has 26 heavy (non-hydrogen) atoms. The molecule has 0 aromatic carbocycles. The highest BCUT2D eigenvalue weighted by Gasteiger charge is 2.30. The van der Waals surface area contributed by atoms with Crippen molar-refractivity contribution in [1.82, 2.24) is 24.3 Å². The highest BCUT2D eigenvalue weighted by molar-refractivity contribution is 7.99. The molecule has 10 heteroatoms. The fourth-order valence-electron chi connectivity index (χ4n) is 3.30. The van der Waals surface area contributed by atoms with Crippen LogP contribution in [-0.2, 0) is 13.0 Å². The molecule has 0 unspecified atom stereocenters. The Morgan fingerprint density at radius 2 is 2.04 bits per heavy atom. The Hall–Kier alpha value is -2.36. The maximum atomic E-state index is 12.6. The number of nitrogens with one attached hydrogen (secondary N) is 1. The number of Topliss-reactive ketones (excluding diaryl/α,β-unsaturated/α-hetero) is 1. The van der Waals surface area contributed by atoms with Crippen LogP contribution in [0, 0.1) is 0 Å². The third-order valence-electron chi connectivity index (χ3n) is 4.78. The van der Waals surface area contributed by atoms with Gasteiger partial charge in [0, 0.05) is 19.0 Å². The van der Waals surface area contributed by atoms with E-state index in [1.54, 1.807) is 0 Å². The number of carbonyl (C=O) groups excluding carboxylic acids is 1. The van der Waals surface area contributed by atoms with Crippen LogP contribution in [0.5, 0.6) is 0 Å². The zero-order valence-electron chi connectivity index (χ0n) is 14.2. The Bertz CT molecular complexity index is 971. The molecule has 0 radical (unpaired) electrons. The molecule has 3 N–H and O–H groups in total. The molecule has 2 aliphatic rings. The lowest BCUT2D eigenvalue weighted by atomic mass is 10.2. The summed E-state index contributed by atoms with van der Waals surface area (Å²) in [5.41, 5.74) is 4.57. The second-order valence-corrected chi connectivity index (χ2v) is 7.64. The molecule has 0 saturated heterocycles. The van der Waals surface area contributed by atoms with Gasteiger partial charge in [-0.3, -0.25) is 19.1 Å². The monoisotopic (exact) mass is 376 g/mol. The minimum Gasteiger partial charge on any atom is -0.384 e. The predicted octanol–water partition coefficient (Wildman–Crippen LogP) is 0.747. The van der Waals surface area contributed by atoms with Crippen LogP contribution in [0.25, 0.3) is 0 Å².